The van der Waals surface area contributed by atoms with Crippen molar-refractivity contribution in [1.82, 2.24) is 14.8 Å². The lowest BCUT2D eigenvalue weighted by atomic mass is 10.1. The summed E-state index contributed by atoms with van der Waals surface area (Å²) in [4.78, 5) is 16.3. The van der Waals surface area contributed by atoms with Crippen molar-refractivity contribution in [2.75, 3.05) is 0 Å². The van der Waals surface area contributed by atoms with Crippen molar-refractivity contribution in [2.24, 2.45) is 0 Å². The summed E-state index contributed by atoms with van der Waals surface area (Å²) < 4.78 is 2.03. The molecule has 0 radical (unpaired) electrons. The molecule has 0 amide bonds. The van der Waals surface area contributed by atoms with E-state index in [9.17, 15) is 4.79 Å². The highest BCUT2D eigenvalue weighted by molar-refractivity contribution is 5.95. The van der Waals surface area contributed by atoms with Gasteiger partial charge in [0.15, 0.2) is 5.78 Å². The highest BCUT2D eigenvalue weighted by Crippen LogP contribution is 2.28. The molecule has 0 unspecified atom stereocenters. The molecule has 0 spiro atoms. The lowest BCUT2D eigenvalue weighted by Crippen LogP contribution is -2.09. The third-order valence-electron chi connectivity index (χ3n) is 3.91. The van der Waals surface area contributed by atoms with Crippen LogP contribution >= 0.6 is 0 Å². The molecular weight excluding hydrogens is 250 g/mol. The zero-order chi connectivity index (χ0) is 13.9. The summed E-state index contributed by atoms with van der Waals surface area (Å²) in [7, 11) is 0. The van der Waals surface area contributed by atoms with Crippen LogP contribution in [0.2, 0.25) is 0 Å². The molecule has 20 heavy (non-hydrogen) atoms. The fourth-order valence-electron chi connectivity index (χ4n) is 2.79. The summed E-state index contributed by atoms with van der Waals surface area (Å²) >= 11 is 0. The van der Waals surface area contributed by atoms with Gasteiger partial charge < -0.3 is 0 Å². The Labute approximate surface area is 118 Å². The Kier molecular flexibility index (Phi) is 3.63. The summed E-state index contributed by atoms with van der Waals surface area (Å²) in [5.74, 6) is 0.0328. The van der Waals surface area contributed by atoms with Gasteiger partial charge in [-0.25, -0.2) is 0 Å². The molecule has 0 aromatic carbocycles. The molecule has 0 saturated heterocycles. The van der Waals surface area contributed by atoms with E-state index in [1.807, 2.05) is 36.0 Å². The van der Waals surface area contributed by atoms with Crippen LogP contribution in [0.3, 0.4) is 0 Å². The van der Waals surface area contributed by atoms with Gasteiger partial charge in [0.1, 0.15) is 5.69 Å². The summed E-state index contributed by atoms with van der Waals surface area (Å²) in [6.45, 7) is 1.97. The molecule has 0 atom stereocenters. The third kappa shape index (κ3) is 2.79. The predicted molar refractivity (Wildman–Crippen MR) is 76.7 cm³/mol. The average Bonchev–Trinajstić information content (AvgIpc) is 3.08. The van der Waals surface area contributed by atoms with Crippen LogP contribution in [-0.4, -0.2) is 20.5 Å². The maximum Gasteiger partial charge on any atom is 0.187 e. The highest BCUT2D eigenvalue weighted by atomic mass is 16.1. The fraction of sp³-hybridized carbons (Fsp3) is 0.438. The molecule has 104 valence electrons. The van der Waals surface area contributed by atoms with E-state index in [1.54, 1.807) is 6.20 Å². The molecule has 0 aliphatic heterocycles. The third-order valence-corrected chi connectivity index (χ3v) is 3.91. The number of nitrogens with zero attached hydrogens (tertiary/aromatic N) is 3. The van der Waals surface area contributed by atoms with E-state index < -0.39 is 0 Å². The largest absolute Gasteiger partial charge is 0.292 e. The Morgan fingerprint density at radius 2 is 2.15 bits per heavy atom. The molecule has 1 fully saturated rings. The SMILES string of the molecule is Cc1ccnc(C(=O)Cc2ccn(C3CCCC3)n2)c1. The number of carbonyl (C=O) groups is 1. The van der Waals surface area contributed by atoms with Crippen molar-refractivity contribution in [3.63, 3.8) is 0 Å². The standard InChI is InChI=1S/C16H19N3O/c1-12-6-8-17-15(10-12)16(20)11-13-7-9-19(18-13)14-4-2-3-5-14/h6-10,14H,2-5,11H2,1H3. The van der Waals surface area contributed by atoms with Crippen molar-refractivity contribution in [1.29, 1.82) is 0 Å². The lowest BCUT2D eigenvalue weighted by Gasteiger charge is -2.08. The maximum atomic E-state index is 12.2. The van der Waals surface area contributed by atoms with Crippen molar-refractivity contribution in [3.05, 3.63) is 47.5 Å². The van der Waals surface area contributed by atoms with Gasteiger partial charge in [-0.2, -0.15) is 5.10 Å². The first-order valence-electron chi connectivity index (χ1n) is 7.22. The van der Waals surface area contributed by atoms with E-state index in [1.165, 1.54) is 25.7 Å². The van der Waals surface area contributed by atoms with Crippen LogP contribution in [0.5, 0.6) is 0 Å². The molecule has 2 aromatic rings. The fourth-order valence-corrected chi connectivity index (χ4v) is 2.79. The number of carbonyl (C=O) groups excluding carboxylic acids is 1. The number of hydrogen-bond acceptors (Lipinski definition) is 3. The highest BCUT2D eigenvalue weighted by Gasteiger charge is 2.18. The Morgan fingerprint density at radius 1 is 1.35 bits per heavy atom. The second-order valence-corrected chi connectivity index (χ2v) is 5.54. The van der Waals surface area contributed by atoms with Gasteiger partial charge in [0.2, 0.25) is 0 Å². The molecule has 3 rings (SSSR count). The summed E-state index contributed by atoms with van der Waals surface area (Å²) in [6.07, 6.45) is 8.99. The lowest BCUT2D eigenvalue weighted by molar-refractivity contribution is 0.0987. The van der Waals surface area contributed by atoms with Crippen LogP contribution in [0.1, 0.15) is 53.5 Å². The van der Waals surface area contributed by atoms with Crippen LogP contribution < -0.4 is 0 Å². The molecule has 1 saturated carbocycles. The van der Waals surface area contributed by atoms with Gasteiger partial charge in [-0.1, -0.05) is 12.8 Å². The number of ketones is 1. The number of rotatable bonds is 4. The average molecular weight is 269 g/mol. The van der Waals surface area contributed by atoms with Gasteiger partial charge >= 0.3 is 0 Å². The number of hydrogen-bond donors (Lipinski definition) is 0. The molecule has 0 bridgehead atoms. The summed E-state index contributed by atoms with van der Waals surface area (Å²) in [6, 6.07) is 6.20. The summed E-state index contributed by atoms with van der Waals surface area (Å²) in [5, 5.41) is 4.55. The first-order valence-corrected chi connectivity index (χ1v) is 7.22. The topological polar surface area (TPSA) is 47.8 Å². The molecule has 1 aliphatic rings. The first kappa shape index (κ1) is 13.0. The second-order valence-electron chi connectivity index (χ2n) is 5.54. The number of aryl methyl sites for hydroxylation is 1. The van der Waals surface area contributed by atoms with E-state index in [2.05, 4.69) is 10.1 Å². The normalized spacial score (nSPS) is 15.7. The Morgan fingerprint density at radius 3 is 2.90 bits per heavy atom. The smallest absolute Gasteiger partial charge is 0.187 e. The Balaban J connectivity index is 1.70. The number of Topliss-reactive ketones (excluding diaryl/α,β-unsaturated/α-hetero) is 1. The van der Waals surface area contributed by atoms with Gasteiger partial charge in [-0.05, 0) is 43.5 Å². The van der Waals surface area contributed by atoms with Crippen molar-refractivity contribution >= 4 is 5.78 Å². The molecule has 4 nitrogen and oxygen atoms in total. The van der Waals surface area contributed by atoms with E-state index >= 15 is 0 Å². The predicted octanol–water partition coefficient (Wildman–Crippen LogP) is 3.13. The zero-order valence-electron chi connectivity index (χ0n) is 11.7. The minimum Gasteiger partial charge on any atom is -0.292 e. The van der Waals surface area contributed by atoms with E-state index in [0.29, 0.717) is 18.2 Å². The van der Waals surface area contributed by atoms with Gasteiger partial charge in [0.25, 0.3) is 0 Å². The van der Waals surface area contributed by atoms with E-state index in [0.717, 1.165) is 11.3 Å². The molecule has 2 heterocycles. The van der Waals surface area contributed by atoms with Gasteiger partial charge in [0, 0.05) is 12.4 Å². The molecule has 4 heteroatoms. The van der Waals surface area contributed by atoms with Crippen LogP contribution in [-0.2, 0) is 6.42 Å². The monoisotopic (exact) mass is 269 g/mol. The van der Waals surface area contributed by atoms with Crippen LogP contribution in [0.25, 0.3) is 0 Å². The van der Waals surface area contributed by atoms with Crippen LogP contribution in [0, 0.1) is 6.92 Å². The molecule has 1 aliphatic carbocycles. The van der Waals surface area contributed by atoms with Crippen molar-refractivity contribution in [2.45, 2.75) is 45.1 Å². The minimum atomic E-state index is 0.0328. The van der Waals surface area contributed by atoms with E-state index in [-0.39, 0.29) is 5.78 Å². The van der Waals surface area contributed by atoms with E-state index in [4.69, 9.17) is 0 Å². The second kappa shape index (κ2) is 5.57. The van der Waals surface area contributed by atoms with Gasteiger partial charge in [0.05, 0.1) is 18.2 Å². The zero-order valence-corrected chi connectivity index (χ0v) is 11.7. The molecular formula is C16H19N3O. The van der Waals surface area contributed by atoms with Crippen LogP contribution in [0.15, 0.2) is 30.6 Å². The van der Waals surface area contributed by atoms with Gasteiger partial charge in [-0.3, -0.25) is 14.5 Å². The van der Waals surface area contributed by atoms with Crippen molar-refractivity contribution in [3.8, 4) is 0 Å². The van der Waals surface area contributed by atoms with Crippen molar-refractivity contribution < 1.29 is 4.79 Å². The van der Waals surface area contributed by atoms with Gasteiger partial charge in [-0.15, -0.1) is 0 Å². The Bertz CT molecular complexity index is 612. The Hall–Kier alpha value is -1.97. The minimum absolute atomic E-state index is 0.0328. The maximum absolute atomic E-state index is 12.2. The number of pyridine rings is 1. The quantitative estimate of drug-likeness (QED) is 0.801. The number of aromatic nitrogens is 3. The molecule has 2 aromatic heterocycles. The summed E-state index contributed by atoms with van der Waals surface area (Å²) in [5.41, 5.74) is 2.42. The van der Waals surface area contributed by atoms with Crippen LogP contribution in [0.4, 0.5) is 0 Å². The molecule has 0 N–H and O–H groups in total. The first-order chi connectivity index (χ1) is 9.72.